The van der Waals surface area contributed by atoms with Gasteiger partial charge >= 0.3 is 0 Å². The molecule has 0 radical (unpaired) electrons. The van der Waals surface area contributed by atoms with Crippen molar-refractivity contribution in [2.75, 3.05) is 20.3 Å². The Hall–Kier alpha value is -3.02. The van der Waals surface area contributed by atoms with Crippen molar-refractivity contribution in [3.63, 3.8) is 0 Å². The number of carbonyl (C=O) groups excluding carboxylic acids is 2. The minimum absolute atomic E-state index is 0.237. The third-order valence-electron chi connectivity index (χ3n) is 3.15. The normalized spacial score (nSPS) is 9.96. The van der Waals surface area contributed by atoms with Crippen LogP contribution in [0.1, 0.15) is 20.7 Å². The van der Waals surface area contributed by atoms with Gasteiger partial charge in [-0.15, -0.1) is 0 Å². The minimum Gasteiger partial charge on any atom is -0.497 e. The van der Waals surface area contributed by atoms with E-state index in [1.165, 1.54) is 12.1 Å². The van der Waals surface area contributed by atoms with Crippen LogP contribution in [0.2, 0.25) is 0 Å². The molecule has 2 rings (SSSR count). The Bertz CT molecular complexity index is 666. The number of carbonyl (C=O) groups is 2. The third-order valence-corrected chi connectivity index (χ3v) is 3.15. The Morgan fingerprint density at radius 3 is 2.09 bits per heavy atom. The van der Waals surface area contributed by atoms with E-state index in [1.54, 1.807) is 43.5 Å². The molecule has 120 valence electrons. The zero-order valence-electron chi connectivity index (χ0n) is 12.7. The fraction of sp³-hybridized carbons (Fsp3) is 0.176. The molecule has 2 aromatic carbocycles. The maximum Gasteiger partial charge on any atom is 0.251 e. The van der Waals surface area contributed by atoms with Crippen molar-refractivity contribution >= 4 is 11.8 Å². The molecule has 0 unspecified atom stereocenters. The number of primary amides is 1. The first-order valence-electron chi connectivity index (χ1n) is 7.05. The maximum atomic E-state index is 11.9. The third kappa shape index (κ3) is 4.74. The van der Waals surface area contributed by atoms with Crippen LogP contribution < -0.4 is 20.5 Å². The van der Waals surface area contributed by atoms with Gasteiger partial charge in [-0.25, -0.2) is 0 Å². The molecule has 6 heteroatoms. The van der Waals surface area contributed by atoms with Crippen molar-refractivity contribution in [2.45, 2.75) is 0 Å². The van der Waals surface area contributed by atoms with Gasteiger partial charge in [0.1, 0.15) is 18.1 Å². The van der Waals surface area contributed by atoms with E-state index in [0.717, 1.165) is 5.75 Å². The molecule has 0 aliphatic rings. The monoisotopic (exact) mass is 314 g/mol. The van der Waals surface area contributed by atoms with Gasteiger partial charge in [0.05, 0.1) is 13.7 Å². The lowest BCUT2D eigenvalue weighted by Gasteiger charge is -2.08. The van der Waals surface area contributed by atoms with Crippen molar-refractivity contribution in [1.29, 1.82) is 0 Å². The molecule has 0 aliphatic carbocycles. The van der Waals surface area contributed by atoms with E-state index in [4.69, 9.17) is 15.2 Å². The molecule has 0 atom stereocenters. The van der Waals surface area contributed by atoms with Crippen molar-refractivity contribution in [2.24, 2.45) is 5.73 Å². The van der Waals surface area contributed by atoms with Gasteiger partial charge in [-0.3, -0.25) is 9.59 Å². The van der Waals surface area contributed by atoms with Crippen LogP contribution in [-0.4, -0.2) is 32.1 Å². The predicted octanol–water partition coefficient (Wildman–Crippen LogP) is 1.60. The van der Waals surface area contributed by atoms with Gasteiger partial charge in [-0.2, -0.15) is 0 Å². The van der Waals surface area contributed by atoms with E-state index < -0.39 is 5.91 Å². The Morgan fingerprint density at radius 1 is 0.957 bits per heavy atom. The first-order chi connectivity index (χ1) is 11.1. The molecular weight excluding hydrogens is 296 g/mol. The topological polar surface area (TPSA) is 90.7 Å². The molecule has 0 saturated heterocycles. The van der Waals surface area contributed by atoms with Crippen LogP contribution in [0, 0.1) is 0 Å². The van der Waals surface area contributed by atoms with Crippen molar-refractivity contribution < 1.29 is 19.1 Å². The van der Waals surface area contributed by atoms with Crippen LogP contribution in [0.4, 0.5) is 0 Å². The molecule has 0 spiro atoms. The molecule has 0 saturated carbocycles. The summed E-state index contributed by atoms with van der Waals surface area (Å²) in [5, 5.41) is 2.74. The van der Waals surface area contributed by atoms with E-state index in [-0.39, 0.29) is 5.91 Å². The lowest BCUT2D eigenvalue weighted by molar-refractivity contribution is 0.0944. The first-order valence-corrected chi connectivity index (χ1v) is 7.05. The van der Waals surface area contributed by atoms with Gasteiger partial charge in [0.2, 0.25) is 5.91 Å². The van der Waals surface area contributed by atoms with Crippen LogP contribution in [0.25, 0.3) is 0 Å². The lowest BCUT2D eigenvalue weighted by atomic mass is 10.1. The zero-order chi connectivity index (χ0) is 16.7. The summed E-state index contributed by atoms with van der Waals surface area (Å²) in [6, 6.07) is 13.3. The van der Waals surface area contributed by atoms with Crippen LogP contribution >= 0.6 is 0 Å². The summed E-state index contributed by atoms with van der Waals surface area (Å²) in [6.45, 7) is 0.708. The second-order valence-corrected chi connectivity index (χ2v) is 4.72. The van der Waals surface area contributed by atoms with E-state index >= 15 is 0 Å². The fourth-order valence-corrected chi connectivity index (χ4v) is 1.89. The Kier molecular flexibility index (Phi) is 5.57. The SMILES string of the molecule is COc1ccc(OCCNC(=O)c2ccc(C(N)=O)cc2)cc1. The lowest BCUT2D eigenvalue weighted by Crippen LogP contribution is -2.28. The van der Waals surface area contributed by atoms with E-state index in [9.17, 15) is 9.59 Å². The van der Waals surface area contributed by atoms with Gasteiger partial charge in [0, 0.05) is 11.1 Å². The summed E-state index contributed by atoms with van der Waals surface area (Å²) in [6.07, 6.45) is 0. The highest BCUT2D eigenvalue weighted by Crippen LogP contribution is 2.16. The van der Waals surface area contributed by atoms with Crippen LogP contribution in [0.15, 0.2) is 48.5 Å². The smallest absolute Gasteiger partial charge is 0.251 e. The summed E-state index contributed by atoms with van der Waals surface area (Å²) in [5.74, 6) is 0.695. The number of amides is 2. The molecule has 2 aromatic rings. The van der Waals surface area contributed by atoms with Gasteiger partial charge in [0.25, 0.3) is 5.91 Å². The second kappa shape index (κ2) is 7.84. The van der Waals surface area contributed by atoms with E-state index in [0.29, 0.717) is 30.0 Å². The molecule has 0 bridgehead atoms. The highest BCUT2D eigenvalue weighted by atomic mass is 16.5. The molecule has 0 aromatic heterocycles. The molecular formula is C17H18N2O4. The molecule has 3 N–H and O–H groups in total. The van der Waals surface area contributed by atoms with Gasteiger partial charge in [-0.05, 0) is 48.5 Å². The highest BCUT2D eigenvalue weighted by Gasteiger charge is 2.06. The summed E-state index contributed by atoms with van der Waals surface area (Å²) < 4.78 is 10.6. The largest absolute Gasteiger partial charge is 0.497 e. The number of nitrogens with two attached hydrogens (primary N) is 1. The predicted molar refractivity (Wildman–Crippen MR) is 85.8 cm³/mol. The summed E-state index contributed by atoms with van der Waals surface area (Å²) in [4.78, 5) is 22.9. The highest BCUT2D eigenvalue weighted by molar-refractivity contribution is 5.97. The van der Waals surface area contributed by atoms with Crippen LogP contribution in [0.5, 0.6) is 11.5 Å². The Morgan fingerprint density at radius 2 is 1.52 bits per heavy atom. The standard InChI is InChI=1S/C17H18N2O4/c1-22-14-6-8-15(9-7-14)23-11-10-19-17(21)13-4-2-12(3-5-13)16(18)20/h2-9H,10-11H2,1H3,(H2,18,20)(H,19,21). The van der Waals surface area contributed by atoms with Crippen molar-refractivity contribution in [3.8, 4) is 11.5 Å². The summed E-state index contributed by atoms with van der Waals surface area (Å²) >= 11 is 0. The van der Waals surface area contributed by atoms with Gasteiger partial charge in [0.15, 0.2) is 0 Å². The fourth-order valence-electron chi connectivity index (χ4n) is 1.89. The summed E-state index contributed by atoms with van der Waals surface area (Å²) in [7, 11) is 1.60. The minimum atomic E-state index is -0.523. The number of hydrogen-bond acceptors (Lipinski definition) is 4. The van der Waals surface area contributed by atoms with Gasteiger partial charge < -0.3 is 20.5 Å². The summed E-state index contributed by atoms with van der Waals surface area (Å²) in [5.41, 5.74) is 5.97. The number of hydrogen-bond donors (Lipinski definition) is 2. The van der Waals surface area contributed by atoms with Gasteiger partial charge in [-0.1, -0.05) is 0 Å². The number of benzene rings is 2. The number of nitrogens with one attached hydrogen (secondary N) is 1. The van der Waals surface area contributed by atoms with E-state index in [1.807, 2.05) is 0 Å². The number of rotatable bonds is 7. The van der Waals surface area contributed by atoms with Crippen LogP contribution in [0.3, 0.4) is 0 Å². The van der Waals surface area contributed by atoms with E-state index in [2.05, 4.69) is 5.32 Å². The second-order valence-electron chi connectivity index (χ2n) is 4.72. The van der Waals surface area contributed by atoms with Crippen molar-refractivity contribution in [1.82, 2.24) is 5.32 Å². The molecule has 0 fully saturated rings. The average molecular weight is 314 g/mol. The maximum absolute atomic E-state index is 11.9. The first kappa shape index (κ1) is 16.4. The average Bonchev–Trinajstić information content (AvgIpc) is 2.59. The van der Waals surface area contributed by atoms with Crippen LogP contribution in [-0.2, 0) is 0 Å². The molecule has 2 amide bonds. The molecule has 23 heavy (non-hydrogen) atoms. The van der Waals surface area contributed by atoms with Crippen molar-refractivity contribution in [3.05, 3.63) is 59.7 Å². The Balaban J connectivity index is 1.76. The quantitative estimate of drug-likeness (QED) is 0.760. The molecule has 0 heterocycles. The number of ether oxygens (including phenoxy) is 2. The molecule has 0 aliphatic heterocycles. The molecule has 6 nitrogen and oxygen atoms in total. The number of methoxy groups -OCH3 is 1. The zero-order valence-corrected chi connectivity index (χ0v) is 12.7. The Labute approximate surface area is 134 Å².